The maximum absolute atomic E-state index is 13.9. The van der Waals surface area contributed by atoms with Gasteiger partial charge in [0.15, 0.2) is 0 Å². The van der Waals surface area contributed by atoms with Crippen LogP contribution < -0.4 is 0 Å². The van der Waals surface area contributed by atoms with Crippen LogP contribution >= 0.6 is 0 Å². The fourth-order valence-electron chi connectivity index (χ4n) is 2.64. The van der Waals surface area contributed by atoms with E-state index >= 15 is 0 Å². The van der Waals surface area contributed by atoms with Crippen molar-refractivity contribution in [2.24, 2.45) is 0 Å². The number of aromatic carboxylic acids is 1. The van der Waals surface area contributed by atoms with Gasteiger partial charge in [0.1, 0.15) is 17.3 Å². The molecule has 0 saturated heterocycles. The Morgan fingerprint density at radius 1 is 1.19 bits per heavy atom. The Morgan fingerprint density at radius 2 is 1.96 bits per heavy atom. The average Bonchev–Trinajstić information content (AvgIpc) is 3.08. The summed E-state index contributed by atoms with van der Waals surface area (Å²) in [5, 5.41) is 18.4. The summed E-state index contributed by atoms with van der Waals surface area (Å²) in [5.41, 5.74) is 2.06. The van der Waals surface area contributed by atoms with E-state index in [1.165, 1.54) is 24.3 Å². The summed E-state index contributed by atoms with van der Waals surface area (Å²) in [6.07, 6.45) is 1.48. The lowest BCUT2D eigenvalue weighted by Crippen LogP contribution is -1.96. The van der Waals surface area contributed by atoms with Gasteiger partial charge in [-0.05, 0) is 48.9 Å². The molecule has 0 bridgehead atoms. The Labute approximate surface area is 149 Å². The quantitative estimate of drug-likeness (QED) is 0.662. The summed E-state index contributed by atoms with van der Waals surface area (Å²) >= 11 is 0. The lowest BCUT2D eigenvalue weighted by molar-refractivity contribution is 0.0697. The van der Waals surface area contributed by atoms with Crippen LogP contribution in [0.2, 0.25) is 0 Å². The lowest BCUT2D eigenvalue weighted by Gasteiger charge is -2.04. The Morgan fingerprint density at radius 3 is 2.62 bits per heavy atom. The molecule has 5 heteroatoms. The SMILES string of the molecule is Cc1cc(C(=O)O)ccc1-c1ccc(/C=C(/C#N)c2ccccc2F)o1. The summed E-state index contributed by atoms with van der Waals surface area (Å²) in [6.45, 7) is 1.79. The molecule has 0 amide bonds. The Kier molecular flexibility index (Phi) is 4.68. The molecule has 0 saturated carbocycles. The minimum atomic E-state index is -0.994. The zero-order valence-electron chi connectivity index (χ0n) is 13.9. The van der Waals surface area contributed by atoms with Crippen LogP contribution in [0.25, 0.3) is 23.0 Å². The fourth-order valence-corrected chi connectivity index (χ4v) is 2.64. The monoisotopic (exact) mass is 347 g/mol. The molecule has 1 aromatic heterocycles. The van der Waals surface area contributed by atoms with Crippen LogP contribution in [0.5, 0.6) is 0 Å². The van der Waals surface area contributed by atoms with Crippen molar-refractivity contribution in [1.29, 1.82) is 5.26 Å². The van der Waals surface area contributed by atoms with Crippen LogP contribution in [0.3, 0.4) is 0 Å². The highest BCUT2D eigenvalue weighted by Crippen LogP contribution is 2.28. The van der Waals surface area contributed by atoms with Gasteiger partial charge in [0.25, 0.3) is 0 Å². The molecular weight excluding hydrogens is 333 g/mol. The Bertz CT molecular complexity index is 1060. The van der Waals surface area contributed by atoms with E-state index in [9.17, 15) is 14.4 Å². The lowest BCUT2D eigenvalue weighted by atomic mass is 10.0. The molecular formula is C21H14FNO3. The molecule has 1 N–H and O–H groups in total. The predicted molar refractivity (Wildman–Crippen MR) is 95.7 cm³/mol. The summed E-state index contributed by atoms with van der Waals surface area (Å²) in [7, 11) is 0. The molecule has 0 fully saturated rings. The number of benzene rings is 2. The van der Waals surface area contributed by atoms with Gasteiger partial charge in [-0.1, -0.05) is 24.3 Å². The molecule has 0 aliphatic carbocycles. The maximum atomic E-state index is 13.9. The van der Waals surface area contributed by atoms with Gasteiger partial charge < -0.3 is 9.52 Å². The van der Waals surface area contributed by atoms with Crippen LogP contribution in [0.15, 0.2) is 59.0 Å². The van der Waals surface area contributed by atoms with Crippen LogP contribution in [0.1, 0.15) is 27.2 Å². The predicted octanol–water partition coefficient (Wildman–Crippen LogP) is 5.16. The van der Waals surface area contributed by atoms with Gasteiger partial charge in [-0.25, -0.2) is 9.18 Å². The number of nitriles is 1. The number of nitrogens with zero attached hydrogens (tertiary/aromatic N) is 1. The molecule has 4 nitrogen and oxygen atoms in total. The van der Waals surface area contributed by atoms with Crippen molar-refractivity contribution in [1.82, 2.24) is 0 Å². The first-order chi connectivity index (χ1) is 12.5. The van der Waals surface area contributed by atoms with E-state index in [0.29, 0.717) is 11.5 Å². The molecule has 2 aromatic carbocycles. The third-order valence-corrected chi connectivity index (χ3v) is 3.94. The minimum absolute atomic E-state index is 0.155. The molecule has 3 rings (SSSR count). The van der Waals surface area contributed by atoms with Crippen molar-refractivity contribution >= 4 is 17.6 Å². The number of carbonyl (C=O) groups is 1. The Balaban J connectivity index is 1.97. The van der Waals surface area contributed by atoms with Crippen molar-refractivity contribution < 1.29 is 18.7 Å². The van der Waals surface area contributed by atoms with E-state index in [4.69, 9.17) is 9.52 Å². The topological polar surface area (TPSA) is 74.2 Å². The third kappa shape index (κ3) is 3.40. The van der Waals surface area contributed by atoms with Gasteiger partial charge in [0.05, 0.1) is 17.2 Å². The summed E-state index contributed by atoms with van der Waals surface area (Å²) in [4.78, 5) is 11.0. The average molecular weight is 347 g/mol. The third-order valence-electron chi connectivity index (χ3n) is 3.94. The summed E-state index contributed by atoms with van der Waals surface area (Å²) in [5.74, 6) is -0.531. The summed E-state index contributed by atoms with van der Waals surface area (Å²) < 4.78 is 19.6. The van der Waals surface area contributed by atoms with E-state index in [1.807, 2.05) is 6.07 Å². The van der Waals surface area contributed by atoms with Gasteiger partial charge in [-0.3, -0.25) is 0 Å². The number of furan rings is 1. The first-order valence-corrected chi connectivity index (χ1v) is 7.80. The van der Waals surface area contributed by atoms with Crippen molar-refractivity contribution in [3.05, 3.63) is 82.9 Å². The normalized spacial score (nSPS) is 11.2. The number of hydrogen-bond acceptors (Lipinski definition) is 3. The maximum Gasteiger partial charge on any atom is 0.335 e. The van der Waals surface area contributed by atoms with Crippen LogP contribution in [0.4, 0.5) is 4.39 Å². The molecule has 0 aliphatic rings. The number of carboxylic acids is 1. The smallest absolute Gasteiger partial charge is 0.335 e. The van der Waals surface area contributed by atoms with Crippen LogP contribution in [-0.2, 0) is 0 Å². The molecule has 0 aliphatic heterocycles. The zero-order chi connectivity index (χ0) is 18.7. The van der Waals surface area contributed by atoms with E-state index in [-0.39, 0.29) is 16.7 Å². The van der Waals surface area contributed by atoms with Gasteiger partial charge in [0, 0.05) is 11.1 Å². The Hall–Kier alpha value is -3.65. The largest absolute Gasteiger partial charge is 0.478 e. The van der Waals surface area contributed by atoms with E-state index in [0.717, 1.165) is 11.1 Å². The van der Waals surface area contributed by atoms with Crippen molar-refractivity contribution in [2.75, 3.05) is 0 Å². The first-order valence-electron chi connectivity index (χ1n) is 7.80. The standard InChI is InChI=1S/C21H14FNO3/c1-13-10-14(21(24)25)6-8-17(13)20-9-7-16(26-20)11-15(12-23)18-4-2-3-5-19(18)22/h2-11H,1H3,(H,24,25)/b15-11-. The molecule has 1 heterocycles. The highest BCUT2D eigenvalue weighted by molar-refractivity contribution is 5.90. The molecule has 26 heavy (non-hydrogen) atoms. The van der Waals surface area contributed by atoms with Gasteiger partial charge >= 0.3 is 5.97 Å². The number of allylic oxidation sites excluding steroid dienone is 1. The second-order valence-corrected chi connectivity index (χ2v) is 5.69. The van der Waals surface area contributed by atoms with Crippen LogP contribution in [0, 0.1) is 24.1 Å². The highest BCUT2D eigenvalue weighted by Gasteiger charge is 2.12. The molecule has 128 valence electrons. The van der Waals surface area contributed by atoms with Crippen molar-refractivity contribution in [3.63, 3.8) is 0 Å². The van der Waals surface area contributed by atoms with E-state index in [2.05, 4.69) is 0 Å². The van der Waals surface area contributed by atoms with Gasteiger partial charge in [0.2, 0.25) is 0 Å². The number of rotatable bonds is 4. The fraction of sp³-hybridized carbons (Fsp3) is 0.0476. The second-order valence-electron chi connectivity index (χ2n) is 5.69. The second kappa shape index (κ2) is 7.08. The van der Waals surface area contributed by atoms with Gasteiger partial charge in [-0.15, -0.1) is 0 Å². The van der Waals surface area contributed by atoms with Gasteiger partial charge in [-0.2, -0.15) is 5.26 Å². The number of carboxylic acid groups (broad SMARTS) is 1. The molecule has 3 aromatic rings. The summed E-state index contributed by atoms with van der Waals surface area (Å²) in [6, 6.07) is 16.2. The number of halogens is 1. The number of hydrogen-bond donors (Lipinski definition) is 1. The highest BCUT2D eigenvalue weighted by atomic mass is 19.1. The molecule has 0 radical (unpaired) electrons. The first kappa shape index (κ1) is 17.2. The number of aryl methyl sites for hydroxylation is 1. The molecule has 0 atom stereocenters. The van der Waals surface area contributed by atoms with Crippen LogP contribution in [-0.4, -0.2) is 11.1 Å². The van der Waals surface area contributed by atoms with E-state index in [1.54, 1.807) is 43.3 Å². The minimum Gasteiger partial charge on any atom is -0.478 e. The van der Waals surface area contributed by atoms with Crippen molar-refractivity contribution in [2.45, 2.75) is 6.92 Å². The van der Waals surface area contributed by atoms with E-state index < -0.39 is 11.8 Å². The van der Waals surface area contributed by atoms with Crippen molar-refractivity contribution in [3.8, 4) is 17.4 Å². The molecule has 0 spiro atoms. The molecule has 0 unspecified atom stereocenters. The zero-order valence-corrected chi connectivity index (χ0v) is 13.9.